The summed E-state index contributed by atoms with van der Waals surface area (Å²) < 4.78 is 26.6. The van der Waals surface area contributed by atoms with Gasteiger partial charge >= 0.3 is 0 Å². The van der Waals surface area contributed by atoms with Gasteiger partial charge < -0.3 is 5.11 Å². The van der Waals surface area contributed by atoms with Crippen LogP contribution < -0.4 is 4.72 Å². The fraction of sp³-hybridized carbons (Fsp3) is 0.500. The van der Waals surface area contributed by atoms with E-state index in [-0.39, 0.29) is 11.4 Å². The number of sulfonamides is 1. The van der Waals surface area contributed by atoms with Gasteiger partial charge in [-0.25, -0.2) is 13.1 Å². The lowest BCUT2D eigenvalue weighted by atomic mass is 10.1. The Bertz CT molecular complexity index is 526. The minimum absolute atomic E-state index is 0.0300. The van der Waals surface area contributed by atoms with E-state index < -0.39 is 15.6 Å². The van der Waals surface area contributed by atoms with Crippen molar-refractivity contribution in [2.45, 2.75) is 37.7 Å². The summed E-state index contributed by atoms with van der Waals surface area (Å²) in [6.07, 6.45) is 0.462. The van der Waals surface area contributed by atoms with E-state index in [4.69, 9.17) is 11.6 Å². The Morgan fingerprint density at radius 3 is 2.61 bits per heavy atom. The van der Waals surface area contributed by atoms with E-state index in [9.17, 15) is 13.5 Å². The van der Waals surface area contributed by atoms with Gasteiger partial charge in [-0.05, 0) is 38.0 Å². The van der Waals surface area contributed by atoms with Crippen LogP contribution in [-0.4, -0.2) is 25.7 Å². The van der Waals surface area contributed by atoms with Crippen molar-refractivity contribution >= 4 is 21.6 Å². The number of aryl methyl sites for hydroxylation is 1. The molecular weight excluding hydrogens is 274 g/mol. The van der Waals surface area contributed by atoms with Crippen LogP contribution in [0.5, 0.6) is 0 Å². The molecule has 0 aliphatic rings. The summed E-state index contributed by atoms with van der Waals surface area (Å²) in [6.45, 7) is 5.04. The summed E-state index contributed by atoms with van der Waals surface area (Å²) in [6, 6.07) is 4.69. The van der Waals surface area contributed by atoms with Gasteiger partial charge in [-0.1, -0.05) is 24.6 Å². The van der Waals surface area contributed by atoms with Gasteiger partial charge in [-0.3, -0.25) is 0 Å². The quantitative estimate of drug-likeness (QED) is 0.873. The monoisotopic (exact) mass is 291 g/mol. The first kappa shape index (κ1) is 15.4. The van der Waals surface area contributed by atoms with Crippen LogP contribution in [0, 0.1) is 6.92 Å². The molecule has 0 amide bonds. The molecule has 18 heavy (non-hydrogen) atoms. The third kappa shape index (κ3) is 3.95. The highest BCUT2D eigenvalue weighted by Crippen LogP contribution is 2.20. The molecule has 2 N–H and O–H groups in total. The van der Waals surface area contributed by atoms with E-state index in [1.54, 1.807) is 32.9 Å². The SMILES string of the molecule is CCC(C)(O)CNS(=O)(=O)c1cc(Cl)ccc1C. The summed E-state index contributed by atoms with van der Waals surface area (Å²) in [4.78, 5) is 0.141. The summed E-state index contributed by atoms with van der Waals surface area (Å²) in [5.41, 5.74) is -0.442. The van der Waals surface area contributed by atoms with Gasteiger partial charge in [0.2, 0.25) is 10.0 Å². The molecule has 1 aromatic carbocycles. The summed E-state index contributed by atoms with van der Waals surface area (Å²) in [5, 5.41) is 10.2. The van der Waals surface area contributed by atoms with Gasteiger partial charge in [0, 0.05) is 11.6 Å². The maximum absolute atomic E-state index is 12.1. The standard InChI is InChI=1S/C12H18ClNO3S/c1-4-12(3,15)8-14-18(16,17)11-7-10(13)6-5-9(11)2/h5-7,14-15H,4,8H2,1-3H3. The third-order valence-electron chi connectivity index (χ3n) is 2.84. The van der Waals surface area contributed by atoms with Gasteiger partial charge in [0.05, 0.1) is 10.5 Å². The number of hydrogen-bond acceptors (Lipinski definition) is 3. The zero-order valence-corrected chi connectivity index (χ0v) is 12.3. The molecule has 0 saturated heterocycles. The molecule has 0 bridgehead atoms. The maximum Gasteiger partial charge on any atom is 0.240 e. The van der Waals surface area contributed by atoms with Crippen molar-refractivity contribution in [3.05, 3.63) is 28.8 Å². The number of rotatable bonds is 5. The molecule has 0 heterocycles. The van der Waals surface area contributed by atoms with Crippen LogP contribution in [0.3, 0.4) is 0 Å². The van der Waals surface area contributed by atoms with Crippen molar-refractivity contribution in [1.82, 2.24) is 4.72 Å². The molecule has 0 fully saturated rings. The normalized spacial score (nSPS) is 15.4. The molecule has 4 nitrogen and oxygen atoms in total. The first-order valence-corrected chi connectivity index (χ1v) is 7.52. The van der Waals surface area contributed by atoms with Crippen LogP contribution in [0.25, 0.3) is 0 Å². The highest BCUT2D eigenvalue weighted by atomic mass is 35.5. The first-order chi connectivity index (χ1) is 8.18. The highest BCUT2D eigenvalue weighted by molar-refractivity contribution is 7.89. The molecule has 0 radical (unpaired) electrons. The second-order valence-electron chi connectivity index (χ2n) is 4.58. The van der Waals surface area contributed by atoms with E-state index in [0.717, 1.165) is 0 Å². The van der Waals surface area contributed by atoms with Gasteiger partial charge in [0.15, 0.2) is 0 Å². The number of aliphatic hydroxyl groups is 1. The van der Waals surface area contributed by atoms with Crippen LogP contribution in [0.2, 0.25) is 5.02 Å². The predicted molar refractivity (Wildman–Crippen MR) is 72.3 cm³/mol. The van der Waals surface area contributed by atoms with Crippen molar-refractivity contribution in [3.63, 3.8) is 0 Å². The van der Waals surface area contributed by atoms with Crippen LogP contribution >= 0.6 is 11.6 Å². The molecular formula is C12H18ClNO3S. The Morgan fingerprint density at radius 2 is 2.06 bits per heavy atom. The molecule has 1 aromatic rings. The molecule has 0 aromatic heterocycles. The number of halogens is 1. The molecule has 102 valence electrons. The second-order valence-corrected chi connectivity index (χ2v) is 6.76. The van der Waals surface area contributed by atoms with Crippen molar-refractivity contribution in [2.24, 2.45) is 0 Å². The third-order valence-corrected chi connectivity index (χ3v) is 4.62. The largest absolute Gasteiger partial charge is 0.389 e. The lowest BCUT2D eigenvalue weighted by molar-refractivity contribution is 0.0613. The van der Waals surface area contributed by atoms with E-state index in [2.05, 4.69) is 4.72 Å². The van der Waals surface area contributed by atoms with Crippen molar-refractivity contribution in [3.8, 4) is 0 Å². The van der Waals surface area contributed by atoms with Gasteiger partial charge in [-0.15, -0.1) is 0 Å². The van der Waals surface area contributed by atoms with E-state index in [1.807, 2.05) is 0 Å². The molecule has 0 saturated carbocycles. The van der Waals surface area contributed by atoms with Crippen LogP contribution in [-0.2, 0) is 10.0 Å². The minimum Gasteiger partial charge on any atom is -0.389 e. The summed E-state index contributed by atoms with van der Waals surface area (Å²) >= 11 is 5.80. The fourth-order valence-corrected chi connectivity index (χ4v) is 2.98. The van der Waals surface area contributed by atoms with E-state index >= 15 is 0 Å². The highest BCUT2D eigenvalue weighted by Gasteiger charge is 2.23. The fourth-order valence-electron chi connectivity index (χ4n) is 1.32. The Labute approximate surface area is 113 Å². The van der Waals surface area contributed by atoms with Crippen LogP contribution in [0.1, 0.15) is 25.8 Å². The molecule has 1 rings (SSSR count). The van der Waals surface area contributed by atoms with Crippen LogP contribution in [0.4, 0.5) is 0 Å². The smallest absolute Gasteiger partial charge is 0.240 e. The zero-order valence-electron chi connectivity index (χ0n) is 10.7. The summed E-state index contributed by atoms with van der Waals surface area (Å²) in [5.74, 6) is 0. The lowest BCUT2D eigenvalue weighted by Crippen LogP contribution is -2.40. The Hall–Kier alpha value is -0.620. The molecule has 0 aliphatic heterocycles. The average molecular weight is 292 g/mol. The van der Waals surface area contributed by atoms with Crippen molar-refractivity contribution < 1.29 is 13.5 Å². The first-order valence-electron chi connectivity index (χ1n) is 5.66. The number of nitrogens with one attached hydrogen (secondary N) is 1. The average Bonchev–Trinajstić information content (AvgIpc) is 2.30. The van der Waals surface area contributed by atoms with E-state index in [0.29, 0.717) is 17.0 Å². The maximum atomic E-state index is 12.1. The van der Waals surface area contributed by atoms with Crippen molar-refractivity contribution in [2.75, 3.05) is 6.54 Å². The molecule has 0 aliphatic carbocycles. The van der Waals surface area contributed by atoms with Gasteiger partial charge in [0.1, 0.15) is 0 Å². The second kappa shape index (κ2) is 5.57. The number of hydrogen-bond donors (Lipinski definition) is 2. The minimum atomic E-state index is -3.65. The molecule has 6 heteroatoms. The van der Waals surface area contributed by atoms with Crippen molar-refractivity contribution in [1.29, 1.82) is 0 Å². The Balaban J connectivity index is 2.97. The lowest BCUT2D eigenvalue weighted by Gasteiger charge is -2.21. The van der Waals surface area contributed by atoms with E-state index in [1.165, 1.54) is 6.07 Å². The molecule has 1 unspecified atom stereocenters. The summed E-state index contributed by atoms with van der Waals surface area (Å²) in [7, 11) is -3.65. The molecule has 1 atom stereocenters. The Kier molecular flexibility index (Phi) is 4.78. The Morgan fingerprint density at radius 1 is 1.44 bits per heavy atom. The predicted octanol–water partition coefficient (Wildman–Crippen LogP) is 2.09. The van der Waals surface area contributed by atoms with Crippen LogP contribution in [0.15, 0.2) is 23.1 Å². The van der Waals surface area contributed by atoms with Gasteiger partial charge in [-0.2, -0.15) is 0 Å². The topological polar surface area (TPSA) is 66.4 Å². The van der Waals surface area contributed by atoms with Gasteiger partial charge in [0.25, 0.3) is 0 Å². The zero-order chi connectivity index (χ0) is 14.0. The molecule has 0 spiro atoms. The number of benzene rings is 1.